The Kier molecular flexibility index (Phi) is 10.8. The van der Waals surface area contributed by atoms with Gasteiger partial charge in [-0.1, -0.05) is 0 Å². The first-order valence-electron chi connectivity index (χ1n) is 13.1. The third kappa shape index (κ3) is 6.95. The first-order valence-corrected chi connectivity index (χ1v) is 12.5. The molecule has 2 saturated heterocycles. The van der Waals surface area contributed by atoms with Crippen molar-refractivity contribution in [3.05, 3.63) is 49.3 Å². The van der Waals surface area contributed by atoms with Gasteiger partial charge in [-0.15, -0.1) is 0 Å². The van der Waals surface area contributed by atoms with Gasteiger partial charge in [-0.3, -0.25) is 37.4 Å². The van der Waals surface area contributed by atoms with E-state index in [2.05, 4.69) is 20.3 Å². The summed E-state index contributed by atoms with van der Waals surface area (Å²) >= 11 is 0. The molecule has 0 amide bonds. The highest BCUT2D eigenvalue weighted by molar-refractivity contribution is 7.00. The molecule has 5 rings (SSSR count). The lowest BCUT2D eigenvalue weighted by atomic mass is 10.2. The maximum atomic E-state index is 11.9. The van der Waals surface area contributed by atoms with Gasteiger partial charge in [0.15, 0.2) is 11.2 Å². The molecule has 3 aromatic heterocycles. The average Bonchev–Trinajstić information content (AvgIpc) is 3.72. The van der Waals surface area contributed by atoms with Crippen LogP contribution < -0.4 is 22.1 Å². The van der Waals surface area contributed by atoms with Gasteiger partial charge in [-0.25, -0.2) is 9.78 Å². The minimum Gasteiger partial charge on any atom is -0.390 e. The van der Waals surface area contributed by atoms with Crippen LogP contribution in [-0.4, -0.2) is 70.3 Å². The van der Waals surface area contributed by atoms with Crippen molar-refractivity contribution in [2.75, 3.05) is 12.4 Å². The van der Waals surface area contributed by atoms with Crippen LogP contribution >= 0.6 is 18.2 Å². The first kappa shape index (κ1) is 29.8. The van der Waals surface area contributed by atoms with Crippen molar-refractivity contribution >= 4 is 35.4 Å². The molecule has 6 atom stereocenters. The van der Waals surface area contributed by atoms with Crippen molar-refractivity contribution in [1.29, 1.82) is 0 Å². The van der Waals surface area contributed by atoms with E-state index in [1.807, 2.05) is 0 Å². The highest BCUT2D eigenvalue weighted by Gasteiger charge is 2.34. The predicted molar refractivity (Wildman–Crippen MR) is 147 cm³/mol. The van der Waals surface area contributed by atoms with Crippen LogP contribution in [0.5, 0.6) is 0 Å². The molecule has 0 saturated carbocycles. The van der Waals surface area contributed by atoms with Crippen molar-refractivity contribution in [2.24, 2.45) is 7.05 Å². The zero-order chi connectivity index (χ0) is 31.7. The van der Waals surface area contributed by atoms with Gasteiger partial charge >= 0.3 is 5.69 Å². The first-order chi connectivity index (χ1) is 20.1. The maximum Gasteiger partial charge on any atom is 0.332 e. The quantitative estimate of drug-likeness (QED) is 0.297. The zero-order valence-electron chi connectivity index (χ0n) is 23.9. The molecule has 0 spiro atoms. The molecule has 40 heavy (non-hydrogen) atoms. The Labute approximate surface area is 235 Å². The summed E-state index contributed by atoms with van der Waals surface area (Å²) in [5.41, 5.74) is -0.115. The van der Waals surface area contributed by atoms with E-state index in [9.17, 15) is 24.6 Å². The summed E-state index contributed by atoms with van der Waals surface area (Å²) in [5.74, 6) is 0.333. The molecule has 2 aliphatic rings. The minimum absolute atomic E-state index is 0.0138. The van der Waals surface area contributed by atoms with E-state index in [1.54, 1.807) is 36.8 Å². The maximum absolute atomic E-state index is 11.9. The number of ether oxygens (including phenoxy) is 2. The van der Waals surface area contributed by atoms with Crippen molar-refractivity contribution < 1.29 is 31.6 Å². The molecule has 3 aromatic rings. The van der Waals surface area contributed by atoms with E-state index in [0.29, 0.717) is 23.6 Å². The number of aryl methyl sites for hydroxylation is 1. The molecule has 0 aliphatic carbocycles. The van der Waals surface area contributed by atoms with E-state index in [0.717, 1.165) is 4.57 Å². The number of rotatable bonds is 3. The van der Waals surface area contributed by atoms with E-state index >= 15 is 0 Å². The van der Waals surface area contributed by atoms with Gasteiger partial charge in [0.1, 0.15) is 30.7 Å². The fourth-order valence-electron chi connectivity index (χ4n) is 4.08. The molecule has 0 radical (unpaired) electrons. The summed E-state index contributed by atoms with van der Waals surface area (Å²) in [4.78, 5) is 46.2. The Morgan fingerprint density at radius 1 is 1.05 bits per heavy atom. The van der Waals surface area contributed by atoms with Crippen LogP contribution in [0.1, 0.15) is 47.4 Å². The molecule has 0 bridgehead atoms. The summed E-state index contributed by atoms with van der Waals surface area (Å²) in [7, 11) is 6.50. The van der Waals surface area contributed by atoms with Crippen LogP contribution in [0.3, 0.4) is 0 Å². The van der Waals surface area contributed by atoms with Crippen molar-refractivity contribution in [3.8, 4) is 0 Å². The number of anilines is 1. The van der Waals surface area contributed by atoms with Crippen LogP contribution in [0, 0.1) is 6.92 Å². The number of aromatic nitrogens is 6. The molecule has 0 aromatic carbocycles. The van der Waals surface area contributed by atoms with Crippen LogP contribution in [-0.2, 0) is 25.7 Å². The third-order valence-electron chi connectivity index (χ3n) is 6.18. The zero-order valence-corrected chi connectivity index (χ0v) is 23.9. The molecule has 2 fully saturated rings. The molecule has 0 unspecified atom stereocenters. The van der Waals surface area contributed by atoms with E-state index < -0.39 is 42.6 Å². The average molecular weight is 606 g/mol. The highest BCUT2D eigenvalue weighted by atomic mass is 31.0. The Morgan fingerprint density at radius 2 is 1.60 bits per heavy atom. The lowest BCUT2D eigenvalue weighted by Gasteiger charge is -2.15. The molecule has 4 N–H and O–H groups in total. The number of hydrogen-bond acceptors (Lipinski definition) is 12. The number of hydrogen-bond donors (Lipinski definition) is 4. The number of nitrogens with one attached hydrogen (secondary N) is 2. The molecular weight excluding hydrogens is 568 g/mol. The van der Waals surface area contributed by atoms with Gasteiger partial charge in [0.2, 0.25) is 5.95 Å². The lowest BCUT2D eigenvalue weighted by Crippen LogP contribution is -2.40. The van der Waals surface area contributed by atoms with Crippen molar-refractivity contribution in [3.63, 3.8) is 0 Å². The molecule has 16 nitrogen and oxygen atoms in total. The summed E-state index contributed by atoms with van der Waals surface area (Å²) in [6.45, 7) is 1.54. The fraction of sp³-hybridized carbons (Fsp3) is 0.591. The lowest BCUT2D eigenvalue weighted by molar-refractivity contribution is -0.0107. The minimum atomic E-state index is -0.753. The fourth-order valence-corrected chi connectivity index (χ4v) is 4.08. The molecular formula is C22H33N7O9P2. The van der Waals surface area contributed by atoms with Crippen molar-refractivity contribution in [1.82, 2.24) is 28.7 Å². The van der Waals surface area contributed by atoms with Gasteiger partial charge < -0.3 is 25.0 Å². The smallest absolute Gasteiger partial charge is 0.332 e. The van der Waals surface area contributed by atoms with Crippen LogP contribution in [0.25, 0.3) is 11.2 Å². The summed E-state index contributed by atoms with van der Waals surface area (Å²) in [6, 6.07) is 0. The number of aromatic amines is 1. The van der Waals surface area contributed by atoms with E-state index in [-0.39, 0.29) is 36.9 Å². The number of nitrogens with zero attached hydrogens (tertiary/aromatic N) is 5. The largest absolute Gasteiger partial charge is 0.390 e. The van der Waals surface area contributed by atoms with Gasteiger partial charge in [-0.2, -0.15) is 4.98 Å². The van der Waals surface area contributed by atoms with Crippen LogP contribution in [0.2, 0.25) is 0 Å². The number of aliphatic hydroxyl groups excluding tert-OH is 2. The summed E-state index contributed by atoms with van der Waals surface area (Å²) in [6.07, 6.45) is -0.137. The molecule has 5 heterocycles. The van der Waals surface area contributed by atoms with Gasteiger partial charge in [-0.05, 0) is 20.7 Å². The second-order valence-electron chi connectivity index (χ2n) is 8.72. The number of imidazole rings is 1. The summed E-state index contributed by atoms with van der Waals surface area (Å²) < 4.78 is 45.6. The van der Waals surface area contributed by atoms with Gasteiger partial charge in [0, 0.05) is 41.4 Å². The Balaban J connectivity index is 0.000000264. The van der Waals surface area contributed by atoms with Crippen molar-refractivity contribution in [2.45, 2.75) is 70.4 Å². The molecule has 18 heteroatoms. The Hall–Kier alpha value is -3.13. The standard InChI is InChI=1S/C11H15N5O3.C11H16N2O4.2HOP/c1-5-6(17)3-7(19-5)16-4-13-8-9(16)14-11(12-2)15-10(8)18;1-6-5-13(11(16)12(3)10(6)15)9-4-8(14)7(2)17-9;2*1-2/h4-7,17H,3H2,1-2H3,(H2,12,14,15,18);5,7-9,14H,4H2,1-3H3;2*2H/t5-,6-,7-;7-,8-,9-;;/m11../s1/i1T;2T;;. The normalized spacial score (nSPS) is 25.8. The second-order valence-corrected chi connectivity index (χ2v) is 8.72. The third-order valence-corrected chi connectivity index (χ3v) is 6.18. The SMILES string of the molecule is O=P.O=P.[3H]C[C@H]1O[C@@H](n2cc(C)c(=O)n(C)c2=O)C[C@H]1O.[3H]C[C@H]1O[C@@H](n2cnc3c(=O)[nH]c(NC)nc32)C[C@H]1O. The van der Waals surface area contributed by atoms with E-state index in [4.69, 9.17) is 21.3 Å². The topological polar surface area (TPSA) is 213 Å². The van der Waals surface area contributed by atoms with Crippen LogP contribution in [0.4, 0.5) is 5.95 Å². The van der Waals surface area contributed by atoms with Gasteiger partial charge in [0.25, 0.3) is 11.1 Å². The number of fused-ring (bicyclic) bond motifs is 1. The summed E-state index contributed by atoms with van der Waals surface area (Å²) in [5, 5.41) is 22.3. The number of aliphatic hydroxyl groups is 2. The Bertz CT molecular complexity index is 1520. The highest BCUT2D eigenvalue weighted by Crippen LogP contribution is 2.30. The van der Waals surface area contributed by atoms with E-state index in [1.165, 1.54) is 24.1 Å². The van der Waals surface area contributed by atoms with Gasteiger partial charge in [0.05, 0.1) is 30.7 Å². The predicted octanol–water partition coefficient (Wildman–Crippen LogP) is 0.303. The molecule has 220 valence electrons. The monoisotopic (exact) mass is 605 g/mol. The Morgan fingerprint density at radius 3 is 2.10 bits per heavy atom. The number of H-pyrrole nitrogens is 1. The van der Waals surface area contributed by atoms with Crippen LogP contribution in [0.15, 0.2) is 26.9 Å². The molecule has 2 aliphatic heterocycles. The second kappa shape index (κ2) is 14.5.